The van der Waals surface area contributed by atoms with Crippen LogP contribution in [0.15, 0.2) is 24.5 Å². The molecule has 94 valence electrons. The van der Waals surface area contributed by atoms with E-state index in [1.165, 1.54) is 18.0 Å². The van der Waals surface area contributed by atoms with E-state index in [4.69, 9.17) is 5.73 Å². The zero-order chi connectivity index (χ0) is 12.8. The molecular weight excluding hydrogens is 244 g/mol. The average Bonchev–Trinajstić information content (AvgIpc) is 2.78. The maximum atomic E-state index is 5.97. The molecule has 0 radical (unpaired) electrons. The Morgan fingerprint density at radius 2 is 2.28 bits per heavy atom. The molecule has 0 spiro atoms. The molecule has 2 aromatic rings. The lowest BCUT2D eigenvalue weighted by Gasteiger charge is -2.08. The standard InChI is InChI=1S/C13H16N4S/c1-13(2)6-9(13)16-12-10(11(14)17-18-12)8-4-3-5-15-7-8/h3-5,7,9,16H,6H2,1-2H3,(H2,14,17). The number of aromatic nitrogens is 2. The van der Waals surface area contributed by atoms with Gasteiger partial charge in [-0.1, -0.05) is 19.9 Å². The number of hydrogen-bond donors (Lipinski definition) is 2. The normalized spacial score (nSPS) is 20.7. The molecule has 1 saturated carbocycles. The zero-order valence-electron chi connectivity index (χ0n) is 10.5. The van der Waals surface area contributed by atoms with Gasteiger partial charge in [-0.05, 0) is 29.4 Å². The van der Waals surface area contributed by atoms with E-state index >= 15 is 0 Å². The lowest BCUT2D eigenvalue weighted by atomic mass is 10.1. The van der Waals surface area contributed by atoms with Gasteiger partial charge in [-0.2, -0.15) is 4.37 Å². The number of nitrogens with two attached hydrogens (primary N) is 1. The van der Waals surface area contributed by atoms with E-state index in [1.807, 2.05) is 18.3 Å². The second kappa shape index (κ2) is 3.95. The summed E-state index contributed by atoms with van der Waals surface area (Å²) in [4.78, 5) is 4.14. The third-order valence-corrected chi connectivity index (χ3v) is 4.28. The van der Waals surface area contributed by atoms with Crippen molar-refractivity contribution in [2.75, 3.05) is 11.1 Å². The topological polar surface area (TPSA) is 63.8 Å². The van der Waals surface area contributed by atoms with Crippen LogP contribution in [0.2, 0.25) is 0 Å². The molecule has 0 aromatic carbocycles. The minimum Gasteiger partial charge on any atom is -0.382 e. The first-order chi connectivity index (χ1) is 8.58. The van der Waals surface area contributed by atoms with Gasteiger partial charge < -0.3 is 11.1 Å². The van der Waals surface area contributed by atoms with E-state index in [0.717, 1.165) is 16.1 Å². The Balaban J connectivity index is 1.93. The summed E-state index contributed by atoms with van der Waals surface area (Å²) in [6, 6.07) is 4.45. The zero-order valence-corrected chi connectivity index (χ0v) is 11.3. The molecule has 0 amide bonds. The number of nitrogen functional groups attached to an aromatic ring is 1. The first kappa shape index (κ1) is 11.5. The summed E-state index contributed by atoms with van der Waals surface area (Å²) < 4.78 is 4.25. The Hall–Kier alpha value is -1.62. The van der Waals surface area contributed by atoms with Crippen LogP contribution in [0.3, 0.4) is 0 Å². The Morgan fingerprint density at radius 1 is 1.50 bits per heavy atom. The molecule has 0 bridgehead atoms. The quantitative estimate of drug-likeness (QED) is 0.890. The molecular formula is C13H16N4S. The lowest BCUT2D eigenvalue weighted by molar-refractivity contribution is 0.631. The Bertz CT molecular complexity index is 562. The highest BCUT2D eigenvalue weighted by molar-refractivity contribution is 7.11. The average molecular weight is 260 g/mol. The number of pyridine rings is 1. The SMILES string of the molecule is CC1(C)CC1Nc1snc(N)c1-c1cccnc1. The largest absolute Gasteiger partial charge is 0.382 e. The van der Waals surface area contributed by atoms with Crippen molar-refractivity contribution in [3.63, 3.8) is 0 Å². The van der Waals surface area contributed by atoms with Crippen molar-refractivity contribution in [1.29, 1.82) is 0 Å². The number of anilines is 2. The molecule has 1 aliphatic rings. The summed E-state index contributed by atoms with van der Waals surface area (Å²) in [5, 5.41) is 4.59. The maximum Gasteiger partial charge on any atom is 0.147 e. The molecule has 4 nitrogen and oxygen atoms in total. The Morgan fingerprint density at radius 3 is 2.89 bits per heavy atom. The minimum absolute atomic E-state index is 0.380. The Labute approximate surface area is 110 Å². The van der Waals surface area contributed by atoms with Crippen molar-refractivity contribution >= 4 is 22.4 Å². The first-order valence-electron chi connectivity index (χ1n) is 6.00. The summed E-state index contributed by atoms with van der Waals surface area (Å²) >= 11 is 1.43. The molecule has 2 aromatic heterocycles. The van der Waals surface area contributed by atoms with Gasteiger partial charge in [0.25, 0.3) is 0 Å². The molecule has 0 aliphatic heterocycles. The highest BCUT2D eigenvalue weighted by atomic mass is 32.1. The first-order valence-corrected chi connectivity index (χ1v) is 6.77. The molecule has 1 unspecified atom stereocenters. The van der Waals surface area contributed by atoms with Crippen LogP contribution in [-0.4, -0.2) is 15.4 Å². The third-order valence-electron chi connectivity index (χ3n) is 3.49. The maximum absolute atomic E-state index is 5.97. The molecule has 2 heterocycles. The van der Waals surface area contributed by atoms with Gasteiger partial charge in [-0.3, -0.25) is 4.98 Å². The summed E-state index contributed by atoms with van der Waals surface area (Å²) in [6.07, 6.45) is 4.77. The molecule has 1 aliphatic carbocycles. The van der Waals surface area contributed by atoms with E-state index in [0.29, 0.717) is 17.3 Å². The van der Waals surface area contributed by atoms with Gasteiger partial charge in [-0.15, -0.1) is 0 Å². The van der Waals surface area contributed by atoms with Crippen molar-refractivity contribution in [3.05, 3.63) is 24.5 Å². The third kappa shape index (κ3) is 1.95. The van der Waals surface area contributed by atoms with Gasteiger partial charge >= 0.3 is 0 Å². The number of nitrogens with one attached hydrogen (secondary N) is 1. The smallest absolute Gasteiger partial charge is 0.147 e. The van der Waals surface area contributed by atoms with E-state index < -0.39 is 0 Å². The van der Waals surface area contributed by atoms with Crippen molar-refractivity contribution in [2.45, 2.75) is 26.3 Å². The summed E-state index contributed by atoms with van der Waals surface area (Å²) in [6.45, 7) is 4.53. The highest BCUT2D eigenvalue weighted by Crippen LogP contribution is 2.48. The van der Waals surface area contributed by atoms with Crippen molar-refractivity contribution in [3.8, 4) is 11.1 Å². The number of hydrogen-bond acceptors (Lipinski definition) is 5. The van der Waals surface area contributed by atoms with Gasteiger partial charge in [0.15, 0.2) is 0 Å². The second-order valence-corrected chi connectivity index (χ2v) is 6.18. The molecule has 1 atom stereocenters. The molecule has 5 heteroatoms. The van der Waals surface area contributed by atoms with Gasteiger partial charge in [0.05, 0.1) is 5.56 Å². The van der Waals surface area contributed by atoms with Gasteiger partial charge in [0.1, 0.15) is 10.8 Å². The predicted octanol–water partition coefficient (Wildman–Crippen LogP) is 3.00. The van der Waals surface area contributed by atoms with Crippen LogP contribution < -0.4 is 11.1 Å². The van der Waals surface area contributed by atoms with Crippen LogP contribution in [0.4, 0.5) is 10.8 Å². The second-order valence-electron chi connectivity index (χ2n) is 5.40. The van der Waals surface area contributed by atoms with Crippen molar-refractivity contribution in [1.82, 2.24) is 9.36 Å². The van der Waals surface area contributed by atoms with E-state index in [2.05, 4.69) is 28.5 Å². The molecule has 18 heavy (non-hydrogen) atoms. The van der Waals surface area contributed by atoms with E-state index in [-0.39, 0.29) is 0 Å². The summed E-state index contributed by atoms with van der Waals surface area (Å²) in [5.41, 5.74) is 8.35. The van der Waals surface area contributed by atoms with Crippen LogP contribution in [0.5, 0.6) is 0 Å². The van der Waals surface area contributed by atoms with Crippen LogP contribution in [0, 0.1) is 5.41 Å². The molecule has 1 fully saturated rings. The summed E-state index contributed by atoms with van der Waals surface area (Å²) in [7, 11) is 0. The van der Waals surface area contributed by atoms with E-state index in [1.54, 1.807) is 6.20 Å². The molecule has 3 rings (SSSR count). The fourth-order valence-corrected chi connectivity index (χ4v) is 2.85. The lowest BCUT2D eigenvalue weighted by Crippen LogP contribution is -2.08. The molecule has 3 N–H and O–H groups in total. The minimum atomic E-state index is 0.380. The number of nitrogens with zero attached hydrogens (tertiary/aromatic N) is 2. The fourth-order valence-electron chi connectivity index (χ4n) is 2.06. The van der Waals surface area contributed by atoms with E-state index in [9.17, 15) is 0 Å². The molecule has 0 saturated heterocycles. The number of rotatable bonds is 3. The summed E-state index contributed by atoms with van der Waals surface area (Å²) in [5.74, 6) is 0.578. The van der Waals surface area contributed by atoms with Gasteiger partial charge in [0.2, 0.25) is 0 Å². The fraction of sp³-hybridized carbons (Fsp3) is 0.385. The van der Waals surface area contributed by atoms with Crippen LogP contribution in [-0.2, 0) is 0 Å². The van der Waals surface area contributed by atoms with Crippen molar-refractivity contribution in [2.24, 2.45) is 5.41 Å². The van der Waals surface area contributed by atoms with Crippen LogP contribution in [0.1, 0.15) is 20.3 Å². The predicted molar refractivity (Wildman–Crippen MR) is 75.6 cm³/mol. The van der Waals surface area contributed by atoms with Crippen LogP contribution >= 0.6 is 11.5 Å². The Kier molecular flexibility index (Phi) is 2.52. The van der Waals surface area contributed by atoms with Crippen molar-refractivity contribution < 1.29 is 0 Å². The van der Waals surface area contributed by atoms with Gasteiger partial charge in [0, 0.05) is 24.0 Å². The monoisotopic (exact) mass is 260 g/mol. The van der Waals surface area contributed by atoms with Gasteiger partial charge in [-0.25, -0.2) is 0 Å². The van der Waals surface area contributed by atoms with Crippen LogP contribution in [0.25, 0.3) is 11.1 Å². The highest BCUT2D eigenvalue weighted by Gasteiger charge is 2.46.